The summed E-state index contributed by atoms with van der Waals surface area (Å²) in [4.78, 5) is 0. The van der Waals surface area contributed by atoms with E-state index in [9.17, 15) is 46.0 Å². The van der Waals surface area contributed by atoms with Crippen molar-refractivity contribution < 1.29 is 83.9 Å². The molecule has 0 radical (unpaired) electrons. The minimum Gasteiger partial charge on any atom is -0.394 e. The first-order chi connectivity index (χ1) is 33.6. The number of aliphatic hydroxyl groups is 9. The van der Waals surface area contributed by atoms with Gasteiger partial charge in [0.25, 0.3) is 0 Å². The first-order valence-corrected chi connectivity index (χ1v) is 27.6. The van der Waals surface area contributed by atoms with E-state index in [1.54, 1.807) is 0 Å². The fourth-order valence-corrected chi connectivity index (χ4v) is 9.46. The minimum atomic E-state index is -1.81. The van der Waals surface area contributed by atoms with Crippen LogP contribution >= 0.6 is 0 Å². The van der Waals surface area contributed by atoms with Gasteiger partial charge < -0.3 is 83.9 Å². The molecule has 15 atom stereocenters. The Morgan fingerprint density at radius 1 is 0.362 bits per heavy atom. The topological polar surface area (TPSA) is 256 Å². The number of rotatable bonds is 43. The molecule has 3 rings (SSSR count). The lowest BCUT2D eigenvalue weighted by Crippen LogP contribution is -2.62. The van der Waals surface area contributed by atoms with Gasteiger partial charge in [-0.1, -0.05) is 181 Å². The summed E-state index contributed by atoms with van der Waals surface area (Å²) >= 11 is 0. The van der Waals surface area contributed by atoms with Gasteiger partial charge in [-0.2, -0.15) is 0 Å². The highest BCUT2D eigenvalue weighted by atomic mass is 16.8. The van der Waals surface area contributed by atoms with Crippen molar-refractivity contribution >= 4 is 0 Å². The Morgan fingerprint density at radius 2 is 0.710 bits per heavy atom. The van der Waals surface area contributed by atoms with Crippen LogP contribution in [0.5, 0.6) is 0 Å². The lowest BCUT2D eigenvalue weighted by Gasteiger charge is -2.43. The van der Waals surface area contributed by atoms with Gasteiger partial charge in [0.05, 0.1) is 33.0 Å². The second-order valence-corrected chi connectivity index (χ2v) is 19.9. The zero-order valence-electron chi connectivity index (χ0n) is 42.7. The predicted molar refractivity (Wildman–Crippen MR) is 260 cm³/mol. The molecule has 3 fully saturated rings. The summed E-state index contributed by atoms with van der Waals surface area (Å²) in [7, 11) is 0. The third-order valence-electron chi connectivity index (χ3n) is 14.0. The highest BCUT2D eigenvalue weighted by Crippen LogP contribution is 2.35. The second-order valence-electron chi connectivity index (χ2n) is 19.9. The van der Waals surface area contributed by atoms with Crippen molar-refractivity contribution in [3.63, 3.8) is 0 Å². The van der Waals surface area contributed by atoms with Crippen LogP contribution in [-0.2, 0) is 37.9 Å². The van der Waals surface area contributed by atoms with Gasteiger partial charge in [0, 0.05) is 13.2 Å². The van der Waals surface area contributed by atoms with Gasteiger partial charge >= 0.3 is 0 Å². The van der Waals surface area contributed by atoms with Crippen LogP contribution in [0.4, 0.5) is 0 Å². The fourth-order valence-electron chi connectivity index (χ4n) is 9.46. The minimum absolute atomic E-state index is 0.0541. The highest BCUT2D eigenvalue weighted by Gasteiger charge is 2.54. The molecule has 17 nitrogen and oxygen atoms in total. The Kier molecular flexibility index (Phi) is 35.2. The Morgan fingerprint density at radius 3 is 1.10 bits per heavy atom. The van der Waals surface area contributed by atoms with Crippen molar-refractivity contribution in [1.29, 1.82) is 0 Å². The van der Waals surface area contributed by atoms with E-state index in [1.807, 2.05) is 0 Å². The lowest BCUT2D eigenvalue weighted by molar-refractivity contribution is -0.344. The molecule has 0 aromatic heterocycles. The average molecular weight is 997 g/mol. The number of unbranched alkanes of at least 4 members (excludes halogenated alkanes) is 26. The quantitative estimate of drug-likeness (QED) is 0.0344. The molecule has 0 aliphatic carbocycles. The fraction of sp³-hybridized carbons (Fsp3) is 1.00. The molecule has 0 spiro atoms. The van der Waals surface area contributed by atoms with Crippen molar-refractivity contribution in [2.45, 2.75) is 286 Å². The Hall–Kier alpha value is -0.680. The molecule has 3 heterocycles. The third kappa shape index (κ3) is 24.0. The predicted octanol–water partition coefficient (Wildman–Crippen LogP) is 5.45. The van der Waals surface area contributed by atoms with E-state index in [2.05, 4.69) is 13.8 Å². The smallest absolute Gasteiger partial charge is 0.187 e. The van der Waals surface area contributed by atoms with E-state index in [4.69, 9.17) is 37.9 Å². The molecule has 3 saturated heterocycles. The monoisotopic (exact) mass is 997 g/mol. The number of hydrogen-bond donors (Lipinski definition) is 9. The summed E-state index contributed by atoms with van der Waals surface area (Å²) < 4.78 is 48.3. The maximum Gasteiger partial charge on any atom is 0.187 e. The first-order valence-electron chi connectivity index (χ1n) is 27.6. The Labute approximate surface area is 414 Å². The van der Waals surface area contributed by atoms with Gasteiger partial charge in [-0.3, -0.25) is 0 Å². The summed E-state index contributed by atoms with van der Waals surface area (Å²) in [6, 6.07) is 0. The first kappa shape index (κ1) is 62.6. The summed E-state index contributed by atoms with van der Waals surface area (Å²) in [6.07, 6.45) is 12.8. The van der Waals surface area contributed by atoms with Crippen LogP contribution in [0, 0.1) is 0 Å². The van der Waals surface area contributed by atoms with Crippen molar-refractivity contribution in [3.8, 4) is 0 Å². The van der Waals surface area contributed by atoms with Crippen LogP contribution in [0.15, 0.2) is 0 Å². The van der Waals surface area contributed by atoms with E-state index in [0.29, 0.717) is 13.2 Å². The zero-order chi connectivity index (χ0) is 50.1. The van der Waals surface area contributed by atoms with Crippen LogP contribution < -0.4 is 0 Å². The second kappa shape index (κ2) is 38.8. The number of hydrogen-bond acceptors (Lipinski definition) is 17. The van der Waals surface area contributed by atoms with E-state index < -0.39 is 112 Å². The van der Waals surface area contributed by atoms with Crippen molar-refractivity contribution in [2.24, 2.45) is 0 Å². The van der Waals surface area contributed by atoms with Crippen LogP contribution in [-0.4, -0.2) is 184 Å². The number of ether oxygens (including phenoxy) is 8. The molecule has 410 valence electrons. The molecule has 17 heteroatoms. The molecule has 69 heavy (non-hydrogen) atoms. The highest BCUT2D eigenvalue weighted by molar-refractivity contribution is 4.96. The maximum atomic E-state index is 10.9. The lowest BCUT2D eigenvalue weighted by atomic mass is 9.98. The van der Waals surface area contributed by atoms with E-state index >= 15 is 0 Å². The number of aliphatic hydroxyl groups excluding tert-OH is 9. The molecule has 1 unspecified atom stereocenters. The zero-order valence-corrected chi connectivity index (χ0v) is 42.7. The molecule has 9 N–H and O–H groups in total. The van der Waals surface area contributed by atoms with Crippen molar-refractivity contribution in [3.05, 3.63) is 0 Å². The van der Waals surface area contributed by atoms with E-state index in [1.165, 1.54) is 141 Å². The molecule has 3 aliphatic rings. The summed E-state index contributed by atoms with van der Waals surface area (Å²) in [6.45, 7) is 3.63. The van der Waals surface area contributed by atoms with Crippen molar-refractivity contribution in [2.75, 3.05) is 46.2 Å². The largest absolute Gasteiger partial charge is 0.394 e. The summed E-state index contributed by atoms with van der Waals surface area (Å²) in [5, 5.41) is 93.7. The standard InChI is InChI=1S/C52H100O17/c1-3-5-7-9-11-13-15-17-19-21-23-25-27-29-31-62-36-38(63-32-30-28-26-24-22-20-18-16-14-12-10-8-6-4-2)37-64-52-49(69-51-47(61)45(59)43(57)40(34-54)66-51)48(41(35-55)67-52)68-50-46(60)44(58)42(56)39(33-53)65-50/h38-61H,3-37H2,1-2H3/t38?,39-,40-,41-,42-,43-,44+,45+,46+,47+,48-,49+,50-,51-,52+/m1/s1. The molecule has 0 saturated carbocycles. The van der Waals surface area contributed by atoms with E-state index in [-0.39, 0.29) is 13.2 Å². The Balaban J connectivity index is 1.57. The summed E-state index contributed by atoms with van der Waals surface area (Å²) in [5.74, 6) is 0. The molecule has 0 bridgehead atoms. The molecule has 0 aromatic carbocycles. The van der Waals surface area contributed by atoms with Gasteiger partial charge in [0.1, 0.15) is 73.2 Å². The van der Waals surface area contributed by atoms with Crippen LogP contribution in [0.2, 0.25) is 0 Å². The van der Waals surface area contributed by atoms with Gasteiger partial charge in [-0.25, -0.2) is 0 Å². The van der Waals surface area contributed by atoms with Gasteiger partial charge in [0.2, 0.25) is 0 Å². The SMILES string of the molecule is CCCCCCCCCCCCCCCCOCC(CO[C@H]1O[C@H](CO)[C@@H](O[C@H]2O[C@H](CO)[C@@H](O)[C@H](O)[C@@H]2O)[C@@H]1O[C@H]1O[C@H](CO)[C@@H](O)[C@H](O)[C@@H]1O)OCCCCCCCCCCCCCCCC. The third-order valence-corrected chi connectivity index (χ3v) is 14.0. The Bertz CT molecular complexity index is 1190. The molecule has 0 aromatic rings. The summed E-state index contributed by atoms with van der Waals surface area (Å²) in [5.41, 5.74) is 0. The van der Waals surface area contributed by atoms with Crippen LogP contribution in [0.1, 0.15) is 194 Å². The molecular formula is C52H100O17. The molecular weight excluding hydrogens is 897 g/mol. The van der Waals surface area contributed by atoms with Gasteiger partial charge in [0.15, 0.2) is 18.9 Å². The van der Waals surface area contributed by atoms with Crippen molar-refractivity contribution in [1.82, 2.24) is 0 Å². The van der Waals surface area contributed by atoms with Gasteiger partial charge in [-0.15, -0.1) is 0 Å². The maximum absolute atomic E-state index is 10.9. The van der Waals surface area contributed by atoms with Crippen LogP contribution in [0.25, 0.3) is 0 Å². The van der Waals surface area contributed by atoms with Gasteiger partial charge in [-0.05, 0) is 12.8 Å². The average Bonchev–Trinajstić information content (AvgIpc) is 3.68. The molecule has 0 amide bonds. The normalized spacial score (nSPS) is 31.2. The van der Waals surface area contributed by atoms with E-state index in [0.717, 1.165) is 38.5 Å². The molecule has 3 aliphatic heterocycles. The van der Waals surface area contributed by atoms with Crippen LogP contribution in [0.3, 0.4) is 0 Å².